The lowest BCUT2D eigenvalue weighted by atomic mass is 10.1. The monoisotopic (exact) mass is 384 g/mol. The number of carbonyl (C=O) groups is 1. The van der Waals surface area contributed by atoms with Crippen molar-refractivity contribution < 1.29 is 9.53 Å². The molecule has 2 heterocycles. The number of anilines is 1. The number of amides is 1. The van der Waals surface area contributed by atoms with E-state index >= 15 is 0 Å². The van der Waals surface area contributed by atoms with Gasteiger partial charge in [-0.25, -0.2) is 0 Å². The molecule has 4 nitrogen and oxygen atoms in total. The van der Waals surface area contributed by atoms with E-state index in [1.807, 2.05) is 31.1 Å². The Balaban J connectivity index is 1.71. The first-order valence-electron chi connectivity index (χ1n) is 9.42. The zero-order valence-electron chi connectivity index (χ0n) is 16.4. The summed E-state index contributed by atoms with van der Waals surface area (Å²) in [5.74, 6) is 0.0354. The molecular formula is C22H28N2O2S. The Bertz CT molecular complexity index is 774. The van der Waals surface area contributed by atoms with Crippen molar-refractivity contribution in [3.63, 3.8) is 0 Å². The van der Waals surface area contributed by atoms with Crippen LogP contribution >= 0.6 is 11.3 Å². The van der Waals surface area contributed by atoms with Crippen molar-refractivity contribution in [3.05, 3.63) is 57.8 Å². The Morgan fingerprint density at radius 2 is 2.00 bits per heavy atom. The van der Waals surface area contributed by atoms with Crippen molar-refractivity contribution in [1.29, 1.82) is 0 Å². The normalized spacial score (nSPS) is 16.8. The average molecular weight is 385 g/mol. The number of rotatable bonds is 7. The van der Waals surface area contributed by atoms with Gasteiger partial charge in [-0.15, -0.1) is 11.3 Å². The molecule has 1 amide bonds. The van der Waals surface area contributed by atoms with Crippen LogP contribution in [0.25, 0.3) is 6.08 Å². The first kappa shape index (κ1) is 19.6. The minimum absolute atomic E-state index is 0.0354. The summed E-state index contributed by atoms with van der Waals surface area (Å²) in [5.41, 5.74) is 2.29. The number of aryl methyl sites for hydroxylation is 1. The molecule has 1 aliphatic rings. The van der Waals surface area contributed by atoms with Crippen LogP contribution in [0.3, 0.4) is 0 Å². The largest absolute Gasteiger partial charge is 0.378 e. The van der Waals surface area contributed by atoms with Gasteiger partial charge >= 0.3 is 0 Å². The molecule has 1 aromatic heterocycles. The first-order valence-corrected chi connectivity index (χ1v) is 10.2. The zero-order valence-corrected chi connectivity index (χ0v) is 17.2. The molecule has 0 saturated carbocycles. The number of ether oxygens (including phenoxy) is 1. The van der Waals surface area contributed by atoms with E-state index in [9.17, 15) is 4.79 Å². The molecule has 1 atom stereocenters. The maximum Gasteiger partial charge on any atom is 0.246 e. The number of carbonyl (C=O) groups excluding carboxylic acids is 1. The van der Waals surface area contributed by atoms with Crippen LogP contribution in [0.4, 0.5) is 5.69 Å². The molecule has 0 N–H and O–H groups in total. The summed E-state index contributed by atoms with van der Waals surface area (Å²) in [6.45, 7) is 4.11. The number of hydrogen-bond acceptors (Lipinski definition) is 4. The second-order valence-electron chi connectivity index (χ2n) is 7.20. The highest BCUT2D eigenvalue weighted by Crippen LogP contribution is 2.19. The van der Waals surface area contributed by atoms with Gasteiger partial charge in [0.2, 0.25) is 5.91 Å². The molecule has 27 heavy (non-hydrogen) atoms. The fourth-order valence-corrected chi connectivity index (χ4v) is 3.97. The summed E-state index contributed by atoms with van der Waals surface area (Å²) >= 11 is 1.70. The summed E-state index contributed by atoms with van der Waals surface area (Å²) in [5, 5.41) is 0. The van der Waals surface area contributed by atoms with Gasteiger partial charge in [0.25, 0.3) is 0 Å². The molecule has 1 aromatic carbocycles. The third-order valence-electron chi connectivity index (χ3n) is 4.74. The fourth-order valence-electron chi connectivity index (χ4n) is 3.19. The van der Waals surface area contributed by atoms with Gasteiger partial charge in [0.05, 0.1) is 6.10 Å². The number of benzene rings is 1. The molecule has 3 rings (SSSR count). The third-order valence-corrected chi connectivity index (χ3v) is 5.70. The lowest BCUT2D eigenvalue weighted by molar-refractivity contribution is -0.128. The second-order valence-corrected chi connectivity index (χ2v) is 8.52. The van der Waals surface area contributed by atoms with Gasteiger partial charge in [0.15, 0.2) is 0 Å². The molecule has 1 saturated heterocycles. The van der Waals surface area contributed by atoms with Crippen LogP contribution < -0.4 is 4.90 Å². The van der Waals surface area contributed by atoms with Crippen molar-refractivity contribution >= 4 is 29.0 Å². The molecule has 0 spiro atoms. The Hall–Kier alpha value is -2.11. The average Bonchev–Trinajstić information content (AvgIpc) is 3.31. The van der Waals surface area contributed by atoms with Crippen LogP contribution in [-0.2, 0) is 16.1 Å². The van der Waals surface area contributed by atoms with Crippen molar-refractivity contribution in [3.8, 4) is 0 Å². The topological polar surface area (TPSA) is 32.8 Å². The molecule has 1 aliphatic heterocycles. The molecule has 5 heteroatoms. The van der Waals surface area contributed by atoms with E-state index in [4.69, 9.17) is 4.74 Å². The van der Waals surface area contributed by atoms with Gasteiger partial charge in [-0.3, -0.25) is 4.79 Å². The SMILES string of the molecule is Cc1ccc(/C=C\C(=O)N(Cc2ccc(N(C)C)cc2)C[C@@H]2CCCO2)s1. The van der Waals surface area contributed by atoms with Crippen LogP contribution in [-0.4, -0.2) is 44.2 Å². The number of thiophene rings is 1. The molecule has 1 fully saturated rings. The van der Waals surface area contributed by atoms with E-state index in [1.54, 1.807) is 17.4 Å². The van der Waals surface area contributed by atoms with Crippen molar-refractivity contribution in [2.24, 2.45) is 0 Å². The number of nitrogens with zero attached hydrogens (tertiary/aromatic N) is 2. The maximum atomic E-state index is 12.9. The van der Waals surface area contributed by atoms with Gasteiger partial charge in [-0.2, -0.15) is 0 Å². The standard InChI is InChI=1S/C22H28N2O2S/c1-17-6-11-21(27-17)12-13-22(25)24(16-20-5-4-14-26-20)15-18-7-9-19(10-8-18)23(2)3/h6-13,20H,4-5,14-16H2,1-3H3/b13-12-/t20-/m0/s1. The molecule has 144 valence electrons. The van der Waals surface area contributed by atoms with Gasteiger partial charge in [0, 0.05) is 55.3 Å². The fraction of sp³-hybridized carbons (Fsp3) is 0.409. The van der Waals surface area contributed by atoms with Gasteiger partial charge < -0.3 is 14.5 Å². The van der Waals surface area contributed by atoms with Crippen LogP contribution in [0.2, 0.25) is 0 Å². The maximum absolute atomic E-state index is 12.9. The van der Waals surface area contributed by atoms with Crippen LogP contribution in [0.5, 0.6) is 0 Å². The van der Waals surface area contributed by atoms with E-state index in [1.165, 1.54) is 4.88 Å². The van der Waals surface area contributed by atoms with E-state index in [-0.39, 0.29) is 12.0 Å². The quantitative estimate of drug-likeness (QED) is 0.666. The molecule has 2 aromatic rings. The minimum Gasteiger partial charge on any atom is -0.378 e. The Labute approximate surface area is 166 Å². The Kier molecular flexibility index (Phi) is 6.69. The Morgan fingerprint density at radius 1 is 1.22 bits per heavy atom. The molecule has 0 unspecified atom stereocenters. The minimum atomic E-state index is 0.0354. The summed E-state index contributed by atoms with van der Waals surface area (Å²) in [6, 6.07) is 12.5. The summed E-state index contributed by atoms with van der Waals surface area (Å²) in [6.07, 6.45) is 5.85. The highest BCUT2D eigenvalue weighted by atomic mass is 32.1. The van der Waals surface area contributed by atoms with Crippen molar-refractivity contribution in [1.82, 2.24) is 4.90 Å². The highest BCUT2D eigenvalue weighted by Gasteiger charge is 2.21. The van der Waals surface area contributed by atoms with E-state index in [0.29, 0.717) is 13.1 Å². The van der Waals surface area contributed by atoms with Gasteiger partial charge in [0.1, 0.15) is 0 Å². The van der Waals surface area contributed by atoms with Crippen LogP contribution in [0, 0.1) is 6.92 Å². The third kappa shape index (κ3) is 5.68. The lowest BCUT2D eigenvalue weighted by Gasteiger charge is -2.25. The van der Waals surface area contributed by atoms with E-state index in [2.05, 4.69) is 42.2 Å². The van der Waals surface area contributed by atoms with E-state index in [0.717, 1.165) is 35.6 Å². The molecule has 0 aliphatic carbocycles. The van der Waals surface area contributed by atoms with Crippen molar-refractivity contribution in [2.75, 3.05) is 32.1 Å². The predicted octanol–water partition coefficient (Wildman–Crippen LogP) is 4.34. The zero-order chi connectivity index (χ0) is 19.2. The van der Waals surface area contributed by atoms with Gasteiger partial charge in [-0.1, -0.05) is 12.1 Å². The van der Waals surface area contributed by atoms with Crippen LogP contribution in [0.15, 0.2) is 42.5 Å². The molecular weight excluding hydrogens is 356 g/mol. The smallest absolute Gasteiger partial charge is 0.246 e. The number of hydrogen-bond donors (Lipinski definition) is 0. The van der Waals surface area contributed by atoms with Crippen molar-refractivity contribution in [2.45, 2.75) is 32.4 Å². The first-order chi connectivity index (χ1) is 13.0. The summed E-state index contributed by atoms with van der Waals surface area (Å²) < 4.78 is 5.77. The predicted molar refractivity (Wildman–Crippen MR) is 113 cm³/mol. The summed E-state index contributed by atoms with van der Waals surface area (Å²) in [7, 11) is 4.05. The lowest BCUT2D eigenvalue weighted by Crippen LogP contribution is -2.35. The van der Waals surface area contributed by atoms with Gasteiger partial charge in [-0.05, 0) is 55.7 Å². The Morgan fingerprint density at radius 3 is 2.59 bits per heavy atom. The van der Waals surface area contributed by atoms with E-state index < -0.39 is 0 Å². The van der Waals surface area contributed by atoms with Crippen LogP contribution in [0.1, 0.15) is 28.2 Å². The molecule has 0 bridgehead atoms. The second kappa shape index (κ2) is 9.20. The molecule has 0 radical (unpaired) electrons. The summed E-state index contributed by atoms with van der Waals surface area (Å²) in [4.78, 5) is 19.2. The highest BCUT2D eigenvalue weighted by molar-refractivity contribution is 7.12.